The largest absolute Gasteiger partial charge is 0.496 e. The van der Waals surface area contributed by atoms with E-state index in [9.17, 15) is 0 Å². The summed E-state index contributed by atoms with van der Waals surface area (Å²) in [5.41, 5.74) is 5.72. The van der Waals surface area contributed by atoms with Crippen LogP contribution in [0.1, 0.15) is 49.7 Å². The van der Waals surface area contributed by atoms with Crippen molar-refractivity contribution >= 4 is 33.6 Å². The van der Waals surface area contributed by atoms with Gasteiger partial charge >= 0.3 is 0 Å². The number of rotatable bonds is 6. The molecule has 0 atom stereocenters. The zero-order valence-corrected chi connectivity index (χ0v) is 20.9. The molecule has 6 rings (SSSR count). The number of H-pyrrole nitrogens is 1. The SMILES string of the molecule is CCn1nc(C2(C)CC2)cc1Nc1nc(C)nc2[nH]c3cc(-c4c(C)noc4C)c(OC)cc3c12. The molecule has 0 spiro atoms. The first-order valence-corrected chi connectivity index (χ1v) is 12.0. The number of hydrogen-bond donors (Lipinski definition) is 2. The average molecular weight is 472 g/mol. The molecule has 9 heteroatoms. The third-order valence-electron chi connectivity index (χ3n) is 7.13. The molecule has 9 nitrogen and oxygen atoms in total. The van der Waals surface area contributed by atoms with E-state index in [-0.39, 0.29) is 5.41 Å². The molecular weight excluding hydrogens is 442 g/mol. The molecule has 1 fully saturated rings. The van der Waals surface area contributed by atoms with Crippen molar-refractivity contribution in [2.45, 2.75) is 59.4 Å². The van der Waals surface area contributed by atoms with Gasteiger partial charge in [-0.2, -0.15) is 5.10 Å². The predicted molar refractivity (Wildman–Crippen MR) is 135 cm³/mol. The lowest BCUT2D eigenvalue weighted by atomic mass is 10.0. The number of nitrogens with one attached hydrogen (secondary N) is 2. The normalized spacial score (nSPS) is 14.7. The van der Waals surface area contributed by atoms with Crippen LogP contribution in [0, 0.1) is 20.8 Å². The van der Waals surface area contributed by atoms with Crippen LogP contribution in [0.5, 0.6) is 5.75 Å². The van der Waals surface area contributed by atoms with Crippen molar-refractivity contribution < 1.29 is 9.26 Å². The van der Waals surface area contributed by atoms with E-state index in [1.165, 1.54) is 12.8 Å². The van der Waals surface area contributed by atoms with Crippen molar-refractivity contribution in [2.24, 2.45) is 0 Å². The van der Waals surface area contributed by atoms with Gasteiger partial charge < -0.3 is 19.6 Å². The molecule has 4 aromatic heterocycles. The third-order valence-corrected chi connectivity index (χ3v) is 7.13. The van der Waals surface area contributed by atoms with E-state index >= 15 is 0 Å². The molecule has 1 aliphatic carbocycles. The van der Waals surface area contributed by atoms with Gasteiger partial charge in [0.2, 0.25) is 0 Å². The lowest BCUT2D eigenvalue weighted by molar-refractivity contribution is 0.393. The van der Waals surface area contributed by atoms with Gasteiger partial charge in [0.05, 0.1) is 29.4 Å². The van der Waals surface area contributed by atoms with Crippen LogP contribution in [0.15, 0.2) is 22.7 Å². The minimum Gasteiger partial charge on any atom is -0.496 e. The Labute approximate surface area is 202 Å². The summed E-state index contributed by atoms with van der Waals surface area (Å²) >= 11 is 0. The van der Waals surface area contributed by atoms with Crippen molar-refractivity contribution in [3.63, 3.8) is 0 Å². The zero-order valence-electron chi connectivity index (χ0n) is 20.9. The highest BCUT2D eigenvalue weighted by atomic mass is 16.5. The number of aromatic amines is 1. The second-order valence-corrected chi connectivity index (χ2v) is 9.68. The zero-order chi connectivity index (χ0) is 24.5. The van der Waals surface area contributed by atoms with Gasteiger partial charge in [0.15, 0.2) is 0 Å². The summed E-state index contributed by atoms with van der Waals surface area (Å²) in [6, 6.07) is 6.27. The Morgan fingerprint density at radius 2 is 1.97 bits per heavy atom. The number of fused-ring (bicyclic) bond motifs is 3. The second-order valence-electron chi connectivity index (χ2n) is 9.68. The van der Waals surface area contributed by atoms with Crippen LogP contribution in [0.3, 0.4) is 0 Å². The smallest absolute Gasteiger partial charge is 0.145 e. The Bertz CT molecular complexity index is 1580. The van der Waals surface area contributed by atoms with Crippen molar-refractivity contribution in [3.05, 3.63) is 41.2 Å². The molecule has 1 aliphatic rings. The van der Waals surface area contributed by atoms with Crippen molar-refractivity contribution in [1.29, 1.82) is 0 Å². The topological polar surface area (TPSA) is 107 Å². The van der Waals surface area contributed by atoms with E-state index < -0.39 is 0 Å². The highest BCUT2D eigenvalue weighted by Gasteiger charge is 2.41. The number of ether oxygens (including phenoxy) is 1. The van der Waals surface area contributed by atoms with E-state index in [0.29, 0.717) is 5.82 Å². The Balaban J connectivity index is 1.54. The molecule has 0 unspecified atom stereocenters. The number of methoxy groups -OCH3 is 1. The molecule has 180 valence electrons. The summed E-state index contributed by atoms with van der Waals surface area (Å²) in [6.07, 6.45) is 2.36. The van der Waals surface area contributed by atoms with Crippen molar-refractivity contribution in [3.8, 4) is 16.9 Å². The highest BCUT2D eigenvalue weighted by molar-refractivity contribution is 6.13. The van der Waals surface area contributed by atoms with Gasteiger partial charge in [0.25, 0.3) is 0 Å². The Morgan fingerprint density at radius 1 is 1.17 bits per heavy atom. The van der Waals surface area contributed by atoms with E-state index in [1.807, 2.05) is 31.5 Å². The molecule has 0 radical (unpaired) electrons. The molecule has 5 aromatic rings. The minimum absolute atomic E-state index is 0.191. The molecule has 0 bridgehead atoms. The summed E-state index contributed by atoms with van der Waals surface area (Å²) in [6.45, 7) is 10.9. The lowest BCUT2D eigenvalue weighted by Gasteiger charge is -2.11. The lowest BCUT2D eigenvalue weighted by Crippen LogP contribution is -2.06. The summed E-state index contributed by atoms with van der Waals surface area (Å²) < 4.78 is 13.2. The maximum atomic E-state index is 5.81. The van der Waals surface area contributed by atoms with Crippen LogP contribution in [0.2, 0.25) is 0 Å². The number of aromatic nitrogens is 6. The predicted octanol–water partition coefficient (Wildman–Crippen LogP) is 5.71. The highest BCUT2D eigenvalue weighted by Crippen LogP contribution is 2.48. The molecule has 1 aromatic carbocycles. The number of benzene rings is 1. The second kappa shape index (κ2) is 7.56. The molecule has 35 heavy (non-hydrogen) atoms. The molecule has 1 saturated carbocycles. The average Bonchev–Trinajstić information content (AvgIpc) is 3.14. The summed E-state index contributed by atoms with van der Waals surface area (Å²) in [4.78, 5) is 13.0. The summed E-state index contributed by atoms with van der Waals surface area (Å²) in [5.74, 6) is 3.85. The van der Waals surface area contributed by atoms with Gasteiger partial charge in [-0.1, -0.05) is 12.1 Å². The maximum absolute atomic E-state index is 5.81. The fourth-order valence-corrected chi connectivity index (χ4v) is 4.88. The van der Waals surface area contributed by atoms with Gasteiger partial charge in [-0.25, -0.2) is 14.6 Å². The van der Waals surface area contributed by atoms with E-state index in [1.54, 1.807) is 7.11 Å². The maximum Gasteiger partial charge on any atom is 0.145 e. The molecule has 0 saturated heterocycles. The number of nitrogens with zero attached hydrogens (tertiary/aromatic N) is 5. The molecular formula is C26H29N7O2. The first kappa shape index (κ1) is 21.6. The van der Waals surface area contributed by atoms with Crippen LogP contribution in [-0.2, 0) is 12.0 Å². The fraction of sp³-hybridized carbons (Fsp3) is 0.385. The summed E-state index contributed by atoms with van der Waals surface area (Å²) in [5, 5.41) is 14.4. The van der Waals surface area contributed by atoms with E-state index in [4.69, 9.17) is 24.3 Å². The molecule has 4 heterocycles. The van der Waals surface area contributed by atoms with Gasteiger partial charge in [0.1, 0.15) is 34.6 Å². The first-order chi connectivity index (χ1) is 16.8. The van der Waals surface area contributed by atoms with Crippen LogP contribution in [0.4, 0.5) is 11.6 Å². The number of hydrogen-bond acceptors (Lipinski definition) is 7. The van der Waals surface area contributed by atoms with Gasteiger partial charge in [-0.15, -0.1) is 0 Å². The number of anilines is 2. The molecule has 2 N–H and O–H groups in total. The fourth-order valence-electron chi connectivity index (χ4n) is 4.88. The number of aryl methyl sites for hydroxylation is 4. The van der Waals surface area contributed by atoms with Gasteiger partial charge in [0, 0.05) is 34.5 Å². The van der Waals surface area contributed by atoms with Crippen molar-refractivity contribution in [2.75, 3.05) is 12.4 Å². The Morgan fingerprint density at radius 3 is 2.63 bits per heavy atom. The van der Waals surface area contributed by atoms with E-state index in [2.05, 4.69) is 41.4 Å². The standard InChI is InChI=1S/C26H29N7O2/c1-7-33-21(12-20(31-33)26(5)8-9-26)30-25-23-16-11-19(34-6)17(22-13(2)32-35-14(22)3)10-18(16)29-24(23)27-15(4)28-25/h10-12H,7-9H2,1-6H3,(H2,27,28,29,30). The summed E-state index contributed by atoms with van der Waals surface area (Å²) in [7, 11) is 1.68. The Hall–Kier alpha value is -3.88. The van der Waals surface area contributed by atoms with Crippen LogP contribution < -0.4 is 10.1 Å². The monoisotopic (exact) mass is 471 g/mol. The quantitative estimate of drug-likeness (QED) is 0.326. The molecule has 0 aliphatic heterocycles. The first-order valence-electron chi connectivity index (χ1n) is 12.0. The van der Waals surface area contributed by atoms with Crippen LogP contribution in [-0.4, -0.2) is 37.0 Å². The van der Waals surface area contributed by atoms with E-state index in [0.717, 1.165) is 74.1 Å². The van der Waals surface area contributed by atoms with Gasteiger partial charge in [-0.05, 0) is 52.7 Å². The van der Waals surface area contributed by atoms with Crippen molar-refractivity contribution in [1.82, 2.24) is 29.9 Å². The minimum atomic E-state index is 0.191. The van der Waals surface area contributed by atoms with Gasteiger partial charge in [-0.3, -0.25) is 0 Å². The molecule has 0 amide bonds. The van der Waals surface area contributed by atoms with Crippen LogP contribution >= 0.6 is 0 Å². The Kier molecular flexibility index (Phi) is 4.67. The third kappa shape index (κ3) is 3.37. The van der Waals surface area contributed by atoms with Crippen LogP contribution in [0.25, 0.3) is 33.1 Å².